The van der Waals surface area contributed by atoms with Crippen LogP contribution in [0.15, 0.2) is 12.4 Å². The number of anilines is 1. The van der Waals surface area contributed by atoms with Crippen molar-refractivity contribution < 1.29 is 19.4 Å². The summed E-state index contributed by atoms with van der Waals surface area (Å²) in [4.78, 5) is 19.5. The van der Waals surface area contributed by atoms with Crippen molar-refractivity contribution in [2.75, 3.05) is 31.7 Å². The van der Waals surface area contributed by atoms with Crippen molar-refractivity contribution in [3.8, 4) is 5.88 Å². The number of aromatic nitrogens is 2. The molecule has 0 radical (unpaired) electrons. The normalized spacial score (nSPS) is 17.2. The van der Waals surface area contributed by atoms with Crippen LogP contribution in [0.4, 0.5) is 5.82 Å². The Hall–Kier alpha value is -1.89. The Kier molecular flexibility index (Phi) is 5.74. The maximum Gasteiger partial charge on any atom is 0.308 e. The molecule has 7 nitrogen and oxygen atoms in total. The SMILES string of the molecule is CCOc1cc(NCC(C(=O)O)C2CCOCC2)ncn1. The first-order valence-electron chi connectivity index (χ1n) is 7.20. The second-order valence-corrected chi connectivity index (χ2v) is 4.95. The van der Waals surface area contributed by atoms with Gasteiger partial charge >= 0.3 is 5.97 Å². The third-order valence-corrected chi connectivity index (χ3v) is 3.59. The molecular weight excluding hydrogens is 274 g/mol. The first kappa shape index (κ1) is 15.5. The summed E-state index contributed by atoms with van der Waals surface area (Å²) in [6.07, 6.45) is 2.97. The van der Waals surface area contributed by atoms with Gasteiger partial charge in [0.25, 0.3) is 0 Å². The maximum absolute atomic E-state index is 11.5. The molecule has 0 spiro atoms. The first-order chi connectivity index (χ1) is 10.2. The maximum atomic E-state index is 11.5. The van der Waals surface area contributed by atoms with Gasteiger partial charge in [0.1, 0.15) is 12.1 Å². The molecule has 1 saturated heterocycles. The van der Waals surface area contributed by atoms with E-state index in [9.17, 15) is 9.90 Å². The highest BCUT2D eigenvalue weighted by Gasteiger charge is 2.29. The zero-order valence-corrected chi connectivity index (χ0v) is 12.1. The van der Waals surface area contributed by atoms with Crippen LogP contribution in [0.25, 0.3) is 0 Å². The van der Waals surface area contributed by atoms with Gasteiger partial charge in [-0.15, -0.1) is 0 Å². The summed E-state index contributed by atoms with van der Waals surface area (Å²) in [5, 5.41) is 12.5. The number of hydrogen-bond donors (Lipinski definition) is 2. The van der Waals surface area contributed by atoms with Crippen molar-refractivity contribution >= 4 is 11.8 Å². The lowest BCUT2D eigenvalue weighted by atomic mass is 9.86. The molecule has 1 aromatic rings. The number of nitrogens with zero attached hydrogens (tertiary/aromatic N) is 2. The Bertz CT molecular complexity index is 463. The van der Waals surface area contributed by atoms with Gasteiger partial charge in [0.05, 0.1) is 12.5 Å². The molecule has 1 aliphatic rings. The summed E-state index contributed by atoms with van der Waals surface area (Å²) in [5.74, 6) is -0.0375. The molecule has 0 aromatic carbocycles. The predicted molar refractivity (Wildman–Crippen MR) is 76.4 cm³/mol. The van der Waals surface area contributed by atoms with Gasteiger partial charge in [0.2, 0.25) is 5.88 Å². The number of carboxylic acids is 1. The Balaban J connectivity index is 1.94. The van der Waals surface area contributed by atoms with Crippen LogP contribution < -0.4 is 10.1 Å². The van der Waals surface area contributed by atoms with E-state index >= 15 is 0 Å². The minimum Gasteiger partial charge on any atom is -0.481 e. The molecule has 0 aliphatic carbocycles. The molecule has 7 heteroatoms. The highest BCUT2D eigenvalue weighted by atomic mass is 16.5. The summed E-state index contributed by atoms with van der Waals surface area (Å²) >= 11 is 0. The van der Waals surface area contributed by atoms with Gasteiger partial charge < -0.3 is 19.9 Å². The zero-order valence-electron chi connectivity index (χ0n) is 12.1. The molecule has 0 bridgehead atoms. The topological polar surface area (TPSA) is 93.6 Å². The van der Waals surface area contributed by atoms with Gasteiger partial charge in [0, 0.05) is 25.8 Å². The summed E-state index contributed by atoms with van der Waals surface area (Å²) in [6, 6.07) is 1.67. The zero-order chi connectivity index (χ0) is 15.1. The van der Waals surface area contributed by atoms with Gasteiger partial charge in [-0.05, 0) is 25.7 Å². The van der Waals surface area contributed by atoms with E-state index in [0.29, 0.717) is 38.1 Å². The van der Waals surface area contributed by atoms with E-state index in [2.05, 4.69) is 15.3 Å². The number of carboxylic acid groups (broad SMARTS) is 1. The van der Waals surface area contributed by atoms with Crippen molar-refractivity contribution in [2.24, 2.45) is 11.8 Å². The smallest absolute Gasteiger partial charge is 0.308 e. The third-order valence-electron chi connectivity index (χ3n) is 3.59. The van der Waals surface area contributed by atoms with Crippen molar-refractivity contribution in [1.82, 2.24) is 9.97 Å². The average molecular weight is 295 g/mol. The molecule has 1 unspecified atom stereocenters. The van der Waals surface area contributed by atoms with Crippen LogP contribution in [0.1, 0.15) is 19.8 Å². The summed E-state index contributed by atoms with van der Waals surface area (Å²) < 4.78 is 10.6. The fraction of sp³-hybridized carbons (Fsp3) is 0.643. The standard InChI is InChI=1S/C14H21N3O4/c1-2-21-13-7-12(16-9-17-13)15-8-11(14(18)19)10-3-5-20-6-4-10/h7,9-11H,2-6,8H2,1H3,(H,18,19)(H,15,16,17). The lowest BCUT2D eigenvalue weighted by molar-refractivity contribution is -0.144. The van der Waals surface area contributed by atoms with E-state index in [1.54, 1.807) is 6.07 Å². The number of ether oxygens (including phenoxy) is 2. The van der Waals surface area contributed by atoms with Gasteiger partial charge in [-0.25, -0.2) is 9.97 Å². The lowest BCUT2D eigenvalue weighted by Gasteiger charge is -2.27. The average Bonchev–Trinajstić information content (AvgIpc) is 2.49. The summed E-state index contributed by atoms with van der Waals surface area (Å²) in [6.45, 7) is 4.01. The van der Waals surface area contributed by atoms with E-state index in [1.807, 2.05) is 6.92 Å². The van der Waals surface area contributed by atoms with Crippen molar-refractivity contribution in [1.29, 1.82) is 0 Å². The minimum absolute atomic E-state index is 0.136. The molecule has 1 fully saturated rings. The van der Waals surface area contributed by atoms with Gasteiger partial charge in [0.15, 0.2) is 0 Å². The molecule has 2 heterocycles. The quantitative estimate of drug-likeness (QED) is 0.785. The molecule has 0 amide bonds. The molecule has 21 heavy (non-hydrogen) atoms. The molecular formula is C14H21N3O4. The van der Waals surface area contributed by atoms with Crippen LogP contribution in [-0.4, -0.2) is 47.4 Å². The monoisotopic (exact) mass is 295 g/mol. The number of aliphatic carboxylic acids is 1. The van der Waals surface area contributed by atoms with E-state index in [4.69, 9.17) is 9.47 Å². The number of nitrogens with one attached hydrogen (secondary N) is 1. The lowest BCUT2D eigenvalue weighted by Crippen LogP contribution is -2.34. The van der Waals surface area contributed by atoms with Crippen molar-refractivity contribution in [3.63, 3.8) is 0 Å². The van der Waals surface area contributed by atoms with Crippen LogP contribution in [-0.2, 0) is 9.53 Å². The highest BCUT2D eigenvalue weighted by molar-refractivity contribution is 5.71. The van der Waals surface area contributed by atoms with E-state index in [-0.39, 0.29) is 5.92 Å². The molecule has 1 aromatic heterocycles. The number of carbonyl (C=O) groups is 1. The van der Waals surface area contributed by atoms with Gasteiger partial charge in [-0.3, -0.25) is 4.79 Å². The second-order valence-electron chi connectivity index (χ2n) is 4.95. The second kappa shape index (κ2) is 7.78. The van der Waals surface area contributed by atoms with E-state index in [0.717, 1.165) is 12.8 Å². The fourth-order valence-electron chi connectivity index (χ4n) is 2.45. The third kappa shape index (κ3) is 4.56. The van der Waals surface area contributed by atoms with Crippen LogP contribution in [0.5, 0.6) is 5.88 Å². The number of hydrogen-bond acceptors (Lipinski definition) is 6. The molecule has 0 saturated carbocycles. The fourth-order valence-corrected chi connectivity index (χ4v) is 2.45. The highest BCUT2D eigenvalue weighted by Crippen LogP contribution is 2.24. The molecule has 1 atom stereocenters. The summed E-state index contributed by atoms with van der Waals surface area (Å²) in [5.41, 5.74) is 0. The Labute approximate surface area is 123 Å². The Morgan fingerprint density at radius 2 is 2.29 bits per heavy atom. The predicted octanol–water partition coefficient (Wildman–Crippen LogP) is 1.41. The van der Waals surface area contributed by atoms with E-state index < -0.39 is 11.9 Å². The van der Waals surface area contributed by atoms with Crippen LogP contribution >= 0.6 is 0 Å². The van der Waals surface area contributed by atoms with Gasteiger partial charge in [-0.1, -0.05) is 0 Å². The first-order valence-corrected chi connectivity index (χ1v) is 7.20. The molecule has 116 valence electrons. The molecule has 2 rings (SSSR count). The van der Waals surface area contributed by atoms with Crippen LogP contribution in [0, 0.1) is 11.8 Å². The van der Waals surface area contributed by atoms with Crippen LogP contribution in [0.3, 0.4) is 0 Å². The largest absolute Gasteiger partial charge is 0.481 e. The Morgan fingerprint density at radius 1 is 1.52 bits per heavy atom. The van der Waals surface area contributed by atoms with Gasteiger partial charge in [-0.2, -0.15) is 0 Å². The van der Waals surface area contributed by atoms with Crippen molar-refractivity contribution in [2.45, 2.75) is 19.8 Å². The van der Waals surface area contributed by atoms with E-state index in [1.165, 1.54) is 6.33 Å². The van der Waals surface area contributed by atoms with Crippen molar-refractivity contribution in [3.05, 3.63) is 12.4 Å². The Morgan fingerprint density at radius 3 is 2.95 bits per heavy atom. The number of rotatable bonds is 7. The van der Waals surface area contributed by atoms with Crippen LogP contribution in [0.2, 0.25) is 0 Å². The molecule has 1 aliphatic heterocycles. The minimum atomic E-state index is -0.784. The summed E-state index contributed by atoms with van der Waals surface area (Å²) in [7, 11) is 0. The molecule has 2 N–H and O–H groups in total.